The Hall–Kier alpha value is -3.56. The minimum Gasteiger partial charge on any atom is -0.495 e. The molecular weight excluding hydrogens is 466 g/mol. The van der Waals surface area contributed by atoms with Crippen LogP contribution in [0.3, 0.4) is 0 Å². The Morgan fingerprint density at radius 3 is 2.42 bits per heavy atom. The highest BCUT2D eigenvalue weighted by Gasteiger charge is 2.20. The van der Waals surface area contributed by atoms with Crippen LogP contribution in [0.4, 0.5) is 11.4 Å². The van der Waals surface area contributed by atoms with Crippen molar-refractivity contribution in [2.24, 2.45) is 0 Å². The number of rotatable bonds is 8. The second-order valence-electron chi connectivity index (χ2n) is 7.00. The van der Waals surface area contributed by atoms with Crippen LogP contribution in [-0.4, -0.2) is 33.9 Å². The molecular formula is C23H22ClN3O5S. The molecule has 10 heteroatoms. The number of carbonyl (C=O) groups excluding carboxylic acids is 2. The van der Waals surface area contributed by atoms with Gasteiger partial charge in [0.1, 0.15) is 5.75 Å². The highest BCUT2D eigenvalue weighted by Crippen LogP contribution is 2.28. The van der Waals surface area contributed by atoms with E-state index < -0.39 is 21.8 Å². The summed E-state index contributed by atoms with van der Waals surface area (Å²) in [6.45, 7) is 1.33. The van der Waals surface area contributed by atoms with Gasteiger partial charge in [0.25, 0.3) is 15.9 Å². The lowest BCUT2D eigenvalue weighted by molar-refractivity contribution is -0.115. The summed E-state index contributed by atoms with van der Waals surface area (Å²) >= 11 is 5.98. The van der Waals surface area contributed by atoms with Crippen molar-refractivity contribution >= 4 is 44.8 Å². The van der Waals surface area contributed by atoms with Gasteiger partial charge in [-0.3, -0.25) is 14.3 Å². The third-order valence-corrected chi connectivity index (χ3v) is 6.48. The van der Waals surface area contributed by atoms with Gasteiger partial charge in [0.15, 0.2) is 0 Å². The molecule has 0 saturated carbocycles. The number of methoxy groups -OCH3 is 1. The lowest BCUT2D eigenvalue weighted by atomic mass is 10.2. The Kier molecular flexibility index (Phi) is 7.57. The van der Waals surface area contributed by atoms with Gasteiger partial charge in [0.2, 0.25) is 5.91 Å². The Morgan fingerprint density at radius 2 is 1.70 bits per heavy atom. The summed E-state index contributed by atoms with van der Waals surface area (Å²) in [6.07, 6.45) is 0. The number of aryl methyl sites for hydroxylation is 1. The average Bonchev–Trinajstić information content (AvgIpc) is 2.79. The molecule has 172 valence electrons. The van der Waals surface area contributed by atoms with Crippen LogP contribution in [0, 0.1) is 6.92 Å². The number of carbonyl (C=O) groups is 2. The van der Waals surface area contributed by atoms with Gasteiger partial charge < -0.3 is 15.4 Å². The molecule has 0 spiro atoms. The Bertz CT molecular complexity index is 1290. The molecule has 0 saturated heterocycles. The summed E-state index contributed by atoms with van der Waals surface area (Å²) in [4.78, 5) is 24.5. The van der Waals surface area contributed by atoms with E-state index in [0.717, 1.165) is 0 Å². The highest BCUT2D eigenvalue weighted by atomic mass is 35.5. The van der Waals surface area contributed by atoms with E-state index in [1.807, 2.05) is 0 Å². The Labute approximate surface area is 197 Å². The molecule has 0 aliphatic heterocycles. The topological polar surface area (TPSA) is 114 Å². The molecule has 3 rings (SSSR count). The fraction of sp³-hybridized carbons (Fsp3) is 0.130. The van der Waals surface area contributed by atoms with Gasteiger partial charge >= 0.3 is 0 Å². The lowest BCUT2D eigenvalue weighted by Crippen LogP contribution is -2.33. The van der Waals surface area contributed by atoms with E-state index in [9.17, 15) is 18.0 Å². The Balaban J connectivity index is 1.71. The van der Waals surface area contributed by atoms with E-state index in [1.54, 1.807) is 67.6 Å². The smallest absolute Gasteiger partial charge is 0.262 e. The summed E-state index contributed by atoms with van der Waals surface area (Å²) < 4.78 is 33.7. The SMILES string of the molecule is COc1ccccc1NS(=O)(=O)c1cc(NC(=O)CNC(=O)c2ccccc2Cl)ccc1C. The molecule has 8 nitrogen and oxygen atoms in total. The largest absolute Gasteiger partial charge is 0.495 e. The van der Waals surface area contributed by atoms with E-state index in [2.05, 4.69) is 15.4 Å². The monoisotopic (exact) mass is 487 g/mol. The fourth-order valence-electron chi connectivity index (χ4n) is 3.00. The zero-order chi connectivity index (χ0) is 24.0. The molecule has 0 aliphatic carbocycles. The number of halogens is 1. The van der Waals surface area contributed by atoms with Crippen molar-refractivity contribution in [3.8, 4) is 5.75 Å². The van der Waals surface area contributed by atoms with Gasteiger partial charge in [0, 0.05) is 5.69 Å². The summed E-state index contributed by atoms with van der Waals surface area (Å²) in [7, 11) is -2.52. The molecule has 0 bridgehead atoms. The maximum absolute atomic E-state index is 13.0. The van der Waals surface area contributed by atoms with Crippen molar-refractivity contribution in [2.75, 3.05) is 23.7 Å². The number of sulfonamides is 1. The first kappa shape index (κ1) is 24.1. The maximum atomic E-state index is 13.0. The highest BCUT2D eigenvalue weighted by molar-refractivity contribution is 7.92. The van der Waals surface area contributed by atoms with Gasteiger partial charge in [-0.15, -0.1) is 0 Å². The number of para-hydroxylation sites is 2. The van der Waals surface area contributed by atoms with Crippen molar-refractivity contribution in [1.82, 2.24) is 5.32 Å². The molecule has 33 heavy (non-hydrogen) atoms. The second kappa shape index (κ2) is 10.4. The molecule has 0 heterocycles. The first-order valence-electron chi connectivity index (χ1n) is 9.80. The number of nitrogens with one attached hydrogen (secondary N) is 3. The fourth-order valence-corrected chi connectivity index (χ4v) is 4.57. The summed E-state index contributed by atoms with van der Waals surface area (Å²) in [5.41, 5.74) is 1.29. The quantitative estimate of drug-likeness (QED) is 0.447. The zero-order valence-electron chi connectivity index (χ0n) is 17.9. The third-order valence-electron chi connectivity index (χ3n) is 4.64. The number of benzene rings is 3. The van der Waals surface area contributed by atoms with E-state index in [-0.39, 0.29) is 33.4 Å². The van der Waals surface area contributed by atoms with Gasteiger partial charge in [-0.1, -0.05) is 41.9 Å². The van der Waals surface area contributed by atoms with Crippen molar-refractivity contribution < 1.29 is 22.7 Å². The van der Waals surface area contributed by atoms with Gasteiger partial charge in [-0.2, -0.15) is 0 Å². The summed E-state index contributed by atoms with van der Waals surface area (Å²) in [6, 6.07) is 17.6. The number of ether oxygens (including phenoxy) is 1. The van der Waals surface area contributed by atoms with Crippen LogP contribution in [-0.2, 0) is 14.8 Å². The molecule has 3 N–H and O–H groups in total. The normalized spacial score (nSPS) is 10.9. The minimum absolute atomic E-state index is 0.00805. The number of amides is 2. The minimum atomic E-state index is -3.97. The second-order valence-corrected chi connectivity index (χ2v) is 9.05. The molecule has 0 aliphatic rings. The van der Waals surface area contributed by atoms with E-state index >= 15 is 0 Å². The van der Waals surface area contributed by atoms with Crippen LogP contribution in [0.5, 0.6) is 5.75 Å². The van der Waals surface area contributed by atoms with Gasteiger partial charge in [-0.25, -0.2) is 8.42 Å². The first-order chi connectivity index (χ1) is 15.7. The molecule has 0 unspecified atom stereocenters. The van der Waals surface area contributed by atoms with Crippen LogP contribution < -0.4 is 20.1 Å². The van der Waals surface area contributed by atoms with E-state index in [1.165, 1.54) is 13.2 Å². The van der Waals surface area contributed by atoms with E-state index in [0.29, 0.717) is 11.3 Å². The Morgan fingerprint density at radius 1 is 1.00 bits per heavy atom. The molecule has 2 amide bonds. The van der Waals surface area contributed by atoms with Crippen LogP contribution in [0.1, 0.15) is 15.9 Å². The predicted octanol–water partition coefficient (Wildman–Crippen LogP) is 3.83. The van der Waals surface area contributed by atoms with Gasteiger partial charge in [-0.05, 0) is 48.9 Å². The molecule has 3 aromatic rings. The molecule has 3 aromatic carbocycles. The van der Waals surface area contributed by atoms with E-state index in [4.69, 9.17) is 16.3 Å². The van der Waals surface area contributed by atoms with Crippen molar-refractivity contribution in [1.29, 1.82) is 0 Å². The lowest BCUT2D eigenvalue weighted by Gasteiger charge is -2.14. The van der Waals surface area contributed by atoms with Gasteiger partial charge in [0.05, 0.1) is 34.8 Å². The first-order valence-corrected chi connectivity index (χ1v) is 11.7. The van der Waals surface area contributed by atoms with Crippen molar-refractivity contribution in [3.63, 3.8) is 0 Å². The predicted molar refractivity (Wildman–Crippen MR) is 127 cm³/mol. The summed E-state index contributed by atoms with van der Waals surface area (Å²) in [5, 5.41) is 5.34. The third kappa shape index (κ3) is 6.03. The van der Waals surface area contributed by atoms with Crippen molar-refractivity contribution in [3.05, 3.63) is 82.9 Å². The molecule has 0 aromatic heterocycles. The standard InChI is InChI=1S/C23H22ClN3O5S/c1-15-11-12-16(26-22(28)14-25-23(29)17-7-3-4-8-18(17)24)13-21(15)33(30,31)27-19-9-5-6-10-20(19)32-2/h3-13,27H,14H2,1-2H3,(H,25,29)(H,26,28). The average molecular weight is 488 g/mol. The van der Waals surface area contributed by atoms with Crippen molar-refractivity contribution in [2.45, 2.75) is 11.8 Å². The number of anilines is 2. The van der Waals surface area contributed by atoms with Crippen LogP contribution >= 0.6 is 11.6 Å². The van der Waals surface area contributed by atoms with Crippen LogP contribution in [0.25, 0.3) is 0 Å². The number of hydrogen-bond acceptors (Lipinski definition) is 5. The maximum Gasteiger partial charge on any atom is 0.262 e. The zero-order valence-corrected chi connectivity index (χ0v) is 19.5. The van der Waals surface area contributed by atoms with Crippen LogP contribution in [0.15, 0.2) is 71.6 Å². The van der Waals surface area contributed by atoms with Crippen LogP contribution in [0.2, 0.25) is 5.02 Å². The summed E-state index contributed by atoms with van der Waals surface area (Å²) in [5.74, 6) is -0.651. The molecule has 0 fully saturated rings. The number of hydrogen-bond donors (Lipinski definition) is 3. The molecule has 0 atom stereocenters. The molecule has 0 radical (unpaired) electrons.